The normalized spacial score (nSPS) is 23.0. The van der Waals surface area contributed by atoms with Crippen LogP contribution in [0.1, 0.15) is 36.0 Å². The summed E-state index contributed by atoms with van der Waals surface area (Å²) in [5, 5.41) is 2.93. The SMILES string of the molecule is NC(=O)c1ccc(O[C@@H]2CCOC[C@H]2NC(=O)CN2CCCCC2=O)cc1. The Labute approximate surface area is 158 Å². The summed E-state index contributed by atoms with van der Waals surface area (Å²) in [6.45, 7) is 1.58. The number of primary amides is 1. The first kappa shape index (κ1) is 19.2. The van der Waals surface area contributed by atoms with Crippen molar-refractivity contribution in [3.05, 3.63) is 29.8 Å². The molecule has 3 rings (SSSR count). The Balaban J connectivity index is 1.57. The zero-order valence-corrected chi connectivity index (χ0v) is 15.2. The molecule has 2 aliphatic heterocycles. The average molecular weight is 375 g/mol. The molecule has 8 nitrogen and oxygen atoms in total. The summed E-state index contributed by atoms with van der Waals surface area (Å²) < 4.78 is 11.5. The van der Waals surface area contributed by atoms with E-state index in [1.54, 1.807) is 29.2 Å². The quantitative estimate of drug-likeness (QED) is 0.750. The fourth-order valence-electron chi connectivity index (χ4n) is 3.32. The van der Waals surface area contributed by atoms with E-state index in [2.05, 4.69) is 5.32 Å². The van der Waals surface area contributed by atoms with Crippen LogP contribution in [0.5, 0.6) is 5.75 Å². The number of carbonyl (C=O) groups is 3. The summed E-state index contributed by atoms with van der Waals surface area (Å²) in [6, 6.07) is 6.27. The number of nitrogens with zero attached hydrogens (tertiary/aromatic N) is 1. The van der Waals surface area contributed by atoms with Crippen molar-refractivity contribution >= 4 is 17.7 Å². The molecule has 146 valence electrons. The van der Waals surface area contributed by atoms with E-state index in [4.69, 9.17) is 15.2 Å². The maximum absolute atomic E-state index is 12.4. The van der Waals surface area contributed by atoms with Crippen molar-refractivity contribution in [1.82, 2.24) is 10.2 Å². The molecular weight excluding hydrogens is 350 g/mol. The number of carbonyl (C=O) groups excluding carboxylic acids is 3. The van der Waals surface area contributed by atoms with E-state index in [1.807, 2.05) is 0 Å². The summed E-state index contributed by atoms with van der Waals surface area (Å²) in [5.41, 5.74) is 5.65. The van der Waals surface area contributed by atoms with Crippen LogP contribution in [-0.2, 0) is 14.3 Å². The van der Waals surface area contributed by atoms with Gasteiger partial charge in [0.15, 0.2) is 0 Å². The predicted octanol–water partition coefficient (Wildman–Crippen LogP) is 0.451. The number of likely N-dealkylation sites (tertiary alicyclic amines) is 1. The smallest absolute Gasteiger partial charge is 0.248 e. The summed E-state index contributed by atoms with van der Waals surface area (Å²) in [6.07, 6.45) is 2.70. The molecule has 0 unspecified atom stereocenters. The minimum Gasteiger partial charge on any atom is -0.488 e. The summed E-state index contributed by atoms with van der Waals surface area (Å²) in [7, 11) is 0. The number of rotatable bonds is 6. The second-order valence-electron chi connectivity index (χ2n) is 6.85. The van der Waals surface area contributed by atoms with Crippen LogP contribution in [0.15, 0.2) is 24.3 Å². The van der Waals surface area contributed by atoms with Crippen molar-refractivity contribution < 1.29 is 23.9 Å². The lowest BCUT2D eigenvalue weighted by atomic mass is 10.1. The molecule has 0 radical (unpaired) electrons. The van der Waals surface area contributed by atoms with Crippen LogP contribution >= 0.6 is 0 Å². The van der Waals surface area contributed by atoms with Gasteiger partial charge in [0, 0.05) is 24.9 Å². The van der Waals surface area contributed by atoms with Gasteiger partial charge in [0.25, 0.3) is 0 Å². The highest BCUT2D eigenvalue weighted by Gasteiger charge is 2.30. The number of piperidine rings is 1. The average Bonchev–Trinajstić information content (AvgIpc) is 2.66. The van der Waals surface area contributed by atoms with Crippen LogP contribution in [0.25, 0.3) is 0 Å². The molecule has 3 amide bonds. The topological polar surface area (TPSA) is 111 Å². The van der Waals surface area contributed by atoms with E-state index in [0.29, 0.717) is 43.9 Å². The van der Waals surface area contributed by atoms with E-state index in [9.17, 15) is 14.4 Å². The number of hydrogen-bond donors (Lipinski definition) is 2. The van der Waals surface area contributed by atoms with Gasteiger partial charge in [0.05, 0.1) is 25.8 Å². The van der Waals surface area contributed by atoms with Crippen molar-refractivity contribution in [2.45, 2.75) is 37.8 Å². The van der Waals surface area contributed by atoms with E-state index < -0.39 is 5.91 Å². The highest BCUT2D eigenvalue weighted by molar-refractivity contribution is 5.92. The molecule has 0 bridgehead atoms. The lowest BCUT2D eigenvalue weighted by molar-refractivity contribution is -0.138. The fourth-order valence-corrected chi connectivity index (χ4v) is 3.32. The first-order chi connectivity index (χ1) is 13.0. The molecule has 1 aromatic carbocycles. The first-order valence-corrected chi connectivity index (χ1v) is 9.24. The van der Waals surface area contributed by atoms with Crippen molar-refractivity contribution in [3.63, 3.8) is 0 Å². The van der Waals surface area contributed by atoms with Gasteiger partial charge in [-0.3, -0.25) is 14.4 Å². The van der Waals surface area contributed by atoms with Crippen molar-refractivity contribution in [3.8, 4) is 5.75 Å². The number of nitrogens with two attached hydrogens (primary N) is 1. The highest BCUT2D eigenvalue weighted by Crippen LogP contribution is 2.19. The number of hydrogen-bond acceptors (Lipinski definition) is 5. The maximum atomic E-state index is 12.4. The van der Waals surface area contributed by atoms with Crippen molar-refractivity contribution in [2.75, 3.05) is 26.3 Å². The second kappa shape index (κ2) is 8.85. The molecule has 2 heterocycles. The summed E-state index contributed by atoms with van der Waals surface area (Å²) in [4.78, 5) is 37.0. The number of ether oxygens (including phenoxy) is 2. The predicted molar refractivity (Wildman–Crippen MR) is 97.2 cm³/mol. The molecule has 27 heavy (non-hydrogen) atoms. The van der Waals surface area contributed by atoms with Gasteiger partial charge >= 0.3 is 0 Å². The van der Waals surface area contributed by atoms with Crippen LogP contribution in [0.2, 0.25) is 0 Å². The van der Waals surface area contributed by atoms with Gasteiger partial charge in [-0.1, -0.05) is 0 Å². The van der Waals surface area contributed by atoms with Gasteiger partial charge in [-0.25, -0.2) is 0 Å². The Morgan fingerprint density at radius 1 is 1.26 bits per heavy atom. The second-order valence-corrected chi connectivity index (χ2v) is 6.85. The molecule has 0 saturated carbocycles. The third kappa shape index (κ3) is 5.19. The molecule has 2 atom stereocenters. The van der Waals surface area contributed by atoms with E-state index in [1.165, 1.54) is 0 Å². The van der Waals surface area contributed by atoms with Crippen LogP contribution in [0.3, 0.4) is 0 Å². The van der Waals surface area contributed by atoms with Crippen molar-refractivity contribution in [1.29, 1.82) is 0 Å². The molecular formula is C19H25N3O5. The molecule has 0 aromatic heterocycles. The molecule has 8 heteroatoms. The summed E-state index contributed by atoms with van der Waals surface area (Å²) >= 11 is 0. The van der Waals surface area contributed by atoms with Gasteiger partial charge in [0.1, 0.15) is 11.9 Å². The summed E-state index contributed by atoms with van der Waals surface area (Å²) in [5.74, 6) is -0.0839. The fraction of sp³-hybridized carbons (Fsp3) is 0.526. The van der Waals surface area contributed by atoms with Crippen LogP contribution < -0.4 is 15.8 Å². The lowest BCUT2D eigenvalue weighted by Gasteiger charge is -2.33. The maximum Gasteiger partial charge on any atom is 0.248 e. The number of nitrogens with one attached hydrogen (secondary N) is 1. The standard InChI is InChI=1S/C19H25N3O5/c20-19(25)13-4-6-14(7-5-13)27-16-8-10-26-12-15(16)21-17(23)11-22-9-2-1-3-18(22)24/h4-7,15-16H,1-3,8-12H2,(H2,20,25)(H,21,23)/t15-,16-/m1/s1. The van der Waals surface area contributed by atoms with Gasteiger partial charge in [-0.05, 0) is 37.1 Å². The third-order valence-electron chi connectivity index (χ3n) is 4.82. The molecule has 3 N–H and O–H groups in total. The van der Waals surface area contributed by atoms with E-state index in [0.717, 1.165) is 12.8 Å². The molecule has 2 saturated heterocycles. The van der Waals surface area contributed by atoms with Gasteiger partial charge in [-0.15, -0.1) is 0 Å². The Kier molecular flexibility index (Phi) is 6.28. The third-order valence-corrected chi connectivity index (χ3v) is 4.82. The monoisotopic (exact) mass is 375 g/mol. The van der Waals surface area contributed by atoms with Crippen LogP contribution in [0, 0.1) is 0 Å². The molecule has 0 spiro atoms. The molecule has 2 aliphatic rings. The highest BCUT2D eigenvalue weighted by atomic mass is 16.5. The molecule has 2 fully saturated rings. The lowest BCUT2D eigenvalue weighted by Crippen LogP contribution is -2.54. The van der Waals surface area contributed by atoms with Crippen LogP contribution in [-0.4, -0.2) is 61.1 Å². The first-order valence-electron chi connectivity index (χ1n) is 9.24. The van der Waals surface area contributed by atoms with E-state index >= 15 is 0 Å². The Bertz CT molecular complexity index is 691. The Hall–Kier alpha value is -2.61. The molecule has 1 aromatic rings. The zero-order chi connectivity index (χ0) is 19.2. The number of benzene rings is 1. The largest absolute Gasteiger partial charge is 0.488 e. The zero-order valence-electron chi connectivity index (χ0n) is 15.2. The minimum absolute atomic E-state index is 0.0265. The Morgan fingerprint density at radius 2 is 2.04 bits per heavy atom. The van der Waals surface area contributed by atoms with Gasteiger partial charge in [0.2, 0.25) is 17.7 Å². The van der Waals surface area contributed by atoms with Gasteiger partial charge < -0.3 is 25.4 Å². The number of amides is 3. The van der Waals surface area contributed by atoms with Crippen LogP contribution in [0.4, 0.5) is 0 Å². The van der Waals surface area contributed by atoms with Gasteiger partial charge in [-0.2, -0.15) is 0 Å². The minimum atomic E-state index is -0.495. The van der Waals surface area contributed by atoms with E-state index in [-0.39, 0.29) is 30.5 Å². The molecule has 0 aliphatic carbocycles. The van der Waals surface area contributed by atoms with Crippen molar-refractivity contribution in [2.24, 2.45) is 5.73 Å². The Morgan fingerprint density at radius 3 is 2.74 bits per heavy atom.